The van der Waals surface area contributed by atoms with Crippen LogP contribution in [0.5, 0.6) is 0 Å². The monoisotopic (exact) mass is 341 g/mol. The maximum absolute atomic E-state index is 11.9. The van der Waals surface area contributed by atoms with Gasteiger partial charge in [-0.15, -0.1) is 16.4 Å². The SMILES string of the molecule is O=C(NCc1cc(Br)cs1)c1cn(C2CNC2)nn1. The Hall–Kier alpha value is -1.25. The van der Waals surface area contributed by atoms with Gasteiger partial charge in [-0.3, -0.25) is 4.79 Å². The third kappa shape index (κ3) is 2.85. The zero-order chi connectivity index (χ0) is 13.2. The molecule has 0 aromatic carbocycles. The number of hydrogen-bond acceptors (Lipinski definition) is 5. The van der Waals surface area contributed by atoms with E-state index >= 15 is 0 Å². The van der Waals surface area contributed by atoms with Crippen molar-refractivity contribution >= 4 is 33.2 Å². The first kappa shape index (κ1) is 12.8. The van der Waals surface area contributed by atoms with Gasteiger partial charge in [-0.25, -0.2) is 4.68 Å². The number of rotatable bonds is 4. The highest BCUT2D eigenvalue weighted by Crippen LogP contribution is 2.19. The van der Waals surface area contributed by atoms with Crippen LogP contribution in [0.15, 0.2) is 22.1 Å². The van der Waals surface area contributed by atoms with Crippen molar-refractivity contribution in [2.45, 2.75) is 12.6 Å². The first-order valence-corrected chi connectivity index (χ1v) is 7.53. The van der Waals surface area contributed by atoms with Crippen LogP contribution in [-0.4, -0.2) is 34.0 Å². The zero-order valence-corrected chi connectivity index (χ0v) is 12.4. The molecule has 0 saturated carbocycles. The minimum Gasteiger partial charge on any atom is -0.346 e. The Labute approximate surface area is 122 Å². The van der Waals surface area contributed by atoms with E-state index < -0.39 is 0 Å². The molecular formula is C11H12BrN5OS. The van der Waals surface area contributed by atoms with Crippen molar-refractivity contribution in [1.82, 2.24) is 25.6 Å². The summed E-state index contributed by atoms with van der Waals surface area (Å²) in [6, 6.07) is 2.31. The zero-order valence-electron chi connectivity index (χ0n) is 9.97. The van der Waals surface area contributed by atoms with Crippen LogP contribution in [0.25, 0.3) is 0 Å². The van der Waals surface area contributed by atoms with Crippen molar-refractivity contribution in [2.24, 2.45) is 0 Å². The van der Waals surface area contributed by atoms with Gasteiger partial charge in [-0.1, -0.05) is 5.21 Å². The van der Waals surface area contributed by atoms with Crippen LogP contribution < -0.4 is 10.6 Å². The molecule has 8 heteroatoms. The molecule has 2 aromatic rings. The van der Waals surface area contributed by atoms with Crippen LogP contribution in [0.2, 0.25) is 0 Å². The molecule has 0 unspecified atom stereocenters. The number of carbonyl (C=O) groups excluding carboxylic acids is 1. The number of aromatic nitrogens is 3. The molecule has 0 spiro atoms. The van der Waals surface area contributed by atoms with Gasteiger partial charge in [0.2, 0.25) is 0 Å². The summed E-state index contributed by atoms with van der Waals surface area (Å²) in [5.74, 6) is -0.192. The topological polar surface area (TPSA) is 71.8 Å². The van der Waals surface area contributed by atoms with E-state index in [1.54, 1.807) is 22.2 Å². The van der Waals surface area contributed by atoms with Gasteiger partial charge in [0.1, 0.15) is 0 Å². The van der Waals surface area contributed by atoms with Gasteiger partial charge in [-0.2, -0.15) is 0 Å². The molecular weight excluding hydrogens is 330 g/mol. The second kappa shape index (κ2) is 5.40. The average Bonchev–Trinajstić information content (AvgIpc) is 2.93. The highest BCUT2D eigenvalue weighted by molar-refractivity contribution is 9.10. The van der Waals surface area contributed by atoms with Crippen molar-refractivity contribution in [3.05, 3.63) is 32.7 Å². The predicted molar refractivity (Wildman–Crippen MR) is 75.1 cm³/mol. The van der Waals surface area contributed by atoms with Crippen LogP contribution in [0, 0.1) is 0 Å². The van der Waals surface area contributed by atoms with Crippen molar-refractivity contribution in [3.63, 3.8) is 0 Å². The lowest BCUT2D eigenvalue weighted by molar-refractivity contribution is 0.0946. The molecule has 0 aliphatic carbocycles. The Morgan fingerprint density at radius 2 is 2.47 bits per heavy atom. The van der Waals surface area contributed by atoms with Crippen LogP contribution in [0.1, 0.15) is 21.4 Å². The Morgan fingerprint density at radius 1 is 1.63 bits per heavy atom. The van der Waals surface area contributed by atoms with E-state index in [4.69, 9.17) is 0 Å². The van der Waals surface area contributed by atoms with Crippen LogP contribution >= 0.6 is 27.3 Å². The molecule has 1 aliphatic rings. The highest BCUT2D eigenvalue weighted by Gasteiger charge is 2.21. The predicted octanol–water partition coefficient (Wildman–Crippen LogP) is 1.18. The molecule has 100 valence electrons. The van der Waals surface area contributed by atoms with Gasteiger partial charge in [0, 0.05) is 27.8 Å². The van der Waals surface area contributed by atoms with E-state index in [1.165, 1.54) is 0 Å². The highest BCUT2D eigenvalue weighted by atomic mass is 79.9. The van der Waals surface area contributed by atoms with Crippen molar-refractivity contribution < 1.29 is 4.79 Å². The lowest BCUT2D eigenvalue weighted by atomic mass is 10.2. The summed E-state index contributed by atoms with van der Waals surface area (Å²) in [6.45, 7) is 2.27. The summed E-state index contributed by atoms with van der Waals surface area (Å²) in [6.07, 6.45) is 1.70. The second-order valence-electron chi connectivity index (χ2n) is 4.31. The minimum atomic E-state index is -0.192. The van der Waals surface area contributed by atoms with E-state index in [9.17, 15) is 4.79 Å². The first-order valence-electron chi connectivity index (χ1n) is 5.86. The van der Waals surface area contributed by atoms with Gasteiger partial charge >= 0.3 is 0 Å². The molecule has 3 heterocycles. The van der Waals surface area contributed by atoms with Crippen LogP contribution in [-0.2, 0) is 6.54 Å². The van der Waals surface area contributed by atoms with E-state index in [1.807, 2.05) is 11.4 Å². The number of hydrogen-bond donors (Lipinski definition) is 2. The van der Waals surface area contributed by atoms with E-state index in [2.05, 4.69) is 36.9 Å². The van der Waals surface area contributed by atoms with Gasteiger partial charge in [0.15, 0.2) is 5.69 Å². The van der Waals surface area contributed by atoms with Crippen molar-refractivity contribution in [3.8, 4) is 0 Å². The van der Waals surface area contributed by atoms with Gasteiger partial charge < -0.3 is 10.6 Å². The molecule has 6 nitrogen and oxygen atoms in total. The Bertz CT molecular complexity index is 591. The molecule has 0 radical (unpaired) electrons. The lowest BCUT2D eigenvalue weighted by Crippen LogP contribution is -2.43. The summed E-state index contributed by atoms with van der Waals surface area (Å²) in [4.78, 5) is 13.0. The number of carbonyl (C=O) groups is 1. The Morgan fingerprint density at radius 3 is 3.11 bits per heavy atom. The van der Waals surface area contributed by atoms with E-state index in [0.29, 0.717) is 18.3 Å². The lowest BCUT2D eigenvalue weighted by Gasteiger charge is -2.26. The summed E-state index contributed by atoms with van der Waals surface area (Å²) in [5, 5.41) is 15.9. The summed E-state index contributed by atoms with van der Waals surface area (Å²) in [7, 11) is 0. The number of amides is 1. The number of halogens is 1. The summed E-state index contributed by atoms with van der Waals surface area (Å²) >= 11 is 4.98. The maximum Gasteiger partial charge on any atom is 0.273 e. The number of nitrogens with one attached hydrogen (secondary N) is 2. The molecule has 1 aliphatic heterocycles. The van der Waals surface area contributed by atoms with E-state index in [0.717, 1.165) is 22.4 Å². The fourth-order valence-corrected chi connectivity index (χ4v) is 3.11. The second-order valence-corrected chi connectivity index (χ2v) is 6.22. The molecule has 0 bridgehead atoms. The quantitative estimate of drug-likeness (QED) is 0.875. The maximum atomic E-state index is 11.9. The first-order chi connectivity index (χ1) is 9.22. The third-order valence-corrected chi connectivity index (χ3v) is 4.62. The van der Waals surface area contributed by atoms with Gasteiger partial charge in [-0.05, 0) is 22.0 Å². The van der Waals surface area contributed by atoms with Crippen LogP contribution in [0.4, 0.5) is 0 Å². The molecule has 1 saturated heterocycles. The smallest absolute Gasteiger partial charge is 0.273 e. The molecule has 1 fully saturated rings. The van der Waals surface area contributed by atoms with Crippen molar-refractivity contribution in [1.29, 1.82) is 0 Å². The number of nitrogens with zero attached hydrogens (tertiary/aromatic N) is 3. The Balaban J connectivity index is 1.58. The molecule has 3 rings (SSSR count). The largest absolute Gasteiger partial charge is 0.346 e. The van der Waals surface area contributed by atoms with E-state index in [-0.39, 0.29) is 5.91 Å². The summed E-state index contributed by atoms with van der Waals surface area (Å²) in [5.41, 5.74) is 0.363. The standard InChI is InChI=1S/C11H12BrN5OS/c12-7-1-9(19-6-7)4-14-11(18)10-5-17(16-15-10)8-2-13-3-8/h1,5-6,8,13H,2-4H2,(H,14,18). The van der Waals surface area contributed by atoms with Gasteiger partial charge in [0.05, 0.1) is 18.8 Å². The minimum absolute atomic E-state index is 0.192. The molecule has 2 aromatic heterocycles. The average molecular weight is 342 g/mol. The van der Waals surface area contributed by atoms with Crippen LogP contribution in [0.3, 0.4) is 0 Å². The third-order valence-electron chi connectivity index (χ3n) is 2.92. The molecule has 0 atom stereocenters. The van der Waals surface area contributed by atoms with Crippen molar-refractivity contribution in [2.75, 3.05) is 13.1 Å². The fourth-order valence-electron chi connectivity index (χ4n) is 1.72. The Kier molecular flexibility index (Phi) is 3.63. The molecule has 19 heavy (non-hydrogen) atoms. The normalized spacial score (nSPS) is 15.2. The summed E-state index contributed by atoms with van der Waals surface area (Å²) < 4.78 is 2.78. The molecule has 2 N–H and O–H groups in total. The fraction of sp³-hybridized carbons (Fsp3) is 0.364. The molecule has 1 amide bonds. The number of thiophene rings is 1. The van der Waals surface area contributed by atoms with Gasteiger partial charge in [0.25, 0.3) is 5.91 Å².